The molecule has 0 saturated carbocycles. The van der Waals surface area contributed by atoms with E-state index in [9.17, 15) is 4.79 Å². The fourth-order valence-electron chi connectivity index (χ4n) is 2.45. The summed E-state index contributed by atoms with van der Waals surface area (Å²) in [6.07, 6.45) is 0.223. The number of carbonyl (C=O) groups excluding carboxylic acids is 1. The van der Waals surface area contributed by atoms with Crippen molar-refractivity contribution in [3.8, 4) is 11.1 Å². The van der Waals surface area contributed by atoms with Gasteiger partial charge in [-0.2, -0.15) is 0 Å². The molecule has 0 fully saturated rings. The standard InChI is InChI=1S/C17H21NO2S/c1-4-20-16(19)9-14(18)15-8-13(10-21-15)17-11(2)6-5-7-12(17)3/h5-8,10,14H,4,9,18H2,1-3H3. The molecular formula is C17H21NO2S. The lowest BCUT2D eigenvalue weighted by Gasteiger charge is -2.09. The highest BCUT2D eigenvalue weighted by Gasteiger charge is 2.16. The van der Waals surface area contributed by atoms with E-state index in [1.165, 1.54) is 22.3 Å². The van der Waals surface area contributed by atoms with E-state index in [1.54, 1.807) is 18.3 Å². The van der Waals surface area contributed by atoms with Crippen molar-refractivity contribution in [1.29, 1.82) is 0 Å². The Hall–Kier alpha value is -1.65. The fraction of sp³-hybridized carbons (Fsp3) is 0.353. The zero-order valence-electron chi connectivity index (χ0n) is 12.7. The van der Waals surface area contributed by atoms with Crippen molar-refractivity contribution >= 4 is 17.3 Å². The molecule has 1 heterocycles. The molecule has 0 aliphatic rings. The van der Waals surface area contributed by atoms with E-state index in [2.05, 4.69) is 43.5 Å². The summed E-state index contributed by atoms with van der Waals surface area (Å²) in [5.41, 5.74) is 11.0. The molecule has 4 heteroatoms. The van der Waals surface area contributed by atoms with Gasteiger partial charge in [-0.15, -0.1) is 11.3 Å². The van der Waals surface area contributed by atoms with E-state index < -0.39 is 0 Å². The van der Waals surface area contributed by atoms with E-state index in [1.807, 2.05) is 0 Å². The quantitative estimate of drug-likeness (QED) is 0.850. The van der Waals surface area contributed by atoms with Gasteiger partial charge in [0.1, 0.15) is 0 Å². The van der Waals surface area contributed by atoms with Crippen LogP contribution in [0.25, 0.3) is 11.1 Å². The van der Waals surface area contributed by atoms with Gasteiger partial charge in [-0.3, -0.25) is 4.79 Å². The summed E-state index contributed by atoms with van der Waals surface area (Å²) in [4.78, 5) is 12.5. The Kier molecular flexibility index (Phi) is 5.15. The van der Waals surface area contributed by atoms with Crippen molar-refractivity contribution < 1.29 is 9.53 Å². The average Bonchev–Trinajstić information content (AvgIpc) is 2.88. The highest BCUT2D eigenvalue weighted by atomic mass is 32.1. The van der Waals surface area contributed by atoms with E-state index in [0.29, 0.717) is 6.61 Å². The van der Waals surface area contributed by atoms with Gasteiger partial charge in [-0.25, -0.2) is 0 Å². The van der Waals surface area contributed by atoms with Crippen LogP contribution in [0.3, 0.4) is 0 Å². The van der Waals surface area contributed by atoms with Gasteiger partial charge in [0.2, 0.25) is 0 Å². The minimum atomic E-state index is -0.299. The summed E-state index contributed by atoms with van der Waals surface area (Å²) in [6.45, 7) is 6.41. The van der Waals surface area contributed by atoms with Crippen LogP contribution < -0.4 is 5.73 Å². The Morgan fingerprint density at radius 1 is 1.33 bits per heavy atom. The smallest absolute Gasteiger partial charge is 0.307 e. The minimum absolute atomic E-state index is 0.223. The molecule has 0 bridgehead atoms. The van der Waals surface area contributed by atoms with E-state index >= 15 is 0 Å². The topological polar surface area (TPSA) is 52.3 Å². The van der Waals surface area contributed by atoms with Crippen LogP contribution in [0.1, 0.15) is 35.4 Å². The number of thiophene rings is 1. The van der Waals surface area contributed by atoms with Gasteiger partial charge in [-0.1, -0.05) is 18.2 Å². The van der Waals surface area contributed by atoms with Crippen LogP contribution in [0.5, 0.6) is 0 Å². The van der Waals surface area contributed by atoms with Gasteiger partial charge in [-0.05, 0) is 54.5 Å². The molecule has 0 amide bonds. The first kappa shape index (κ1) is 15.7. The maximum absolute atomic E-state index is 11.5. The minimum Gasteiger partial charge on any atom is -0.466 e. The van der Waals surface area contributed by atoms with Crippen molar-refractivity contribution in [2.75, 3.05) is 6.61 Å². The predicted octanol–water partition coefficient (Wildman–Crippen LogP) is 3.98. The molecule has 1 unspecified atom stereocenters. The van der Waals surface area contributed by atoms with Gasteiger partial charge < -0.3 is 10.5 Å². The maximum Gasteiger partial charge on any atom is 0.307 e. The third kappa shape index (κ3) is 3.71. The van der Waals surface area contributed by atoms with Gasteiger partial charge in [0.05, 0.1) is 13.0 Å². The monoisotopic (exact) mass is 303 g/mol. The second-order valence-electron chi connectivity index (χ2n) is 5.12. The molecule has 2 N–H and O–H groups in total. The Labute approximate surface area is 129 Å². The van der Waals surface area contributed by atoms with Crippen molar-refractivity contribution in [2.24, 2.45) is 5.73 Å². The molecule has 0 spiro atoms. The fourth-order valence-corrected chi connectivity index (χ4v) is 3.35. The van der Waals surface area contributed by atoms with E-state index in [-0.39, 0.29) is 18.4 Å². The lowest BCUT2D eigenvalue weighted by molar-refractivity contribution is -0.143. The van der Waals surface area contributed by atoms with Crippen LogP contribution in [0.15, 0.2) is 29.6 Å². The summed E-state index contributed by atoms with van der Waals surface area (Å²) in [7, 11) is 0. The number of hydrogen-bond donors (Lipinski definition) is 1. The molecule has 0 aliphatic heterocycles. The predicted molar refractivity (Wildman–Crippen MR) is 87.4 cm³/mol. The largest absolute Gasteiger partial charge is 0.466 e. The summed E-state index contributed by atoms with van der Waals surface area (Å²) >= 11 is 1.60. The number of aryl methyl sites for hydroxylation is 2. The molecule has 0 saturated heterocycles. The number of nitrogens with two attached hydrogens (primary N) is 1. The molecule has 0 aliphatic carbocycles. The molecule has 2 aromatic rings. The van der Waals surface area contributed by atoms with E-state index in [0.717, 1.165) is 4.88 Å². The number of benzene rings is 1. The molecule has 2 rings (SSSR count). The average molecular weight is 303 g/mol. The molecule has 21 heavy (non-hydrogen) atoms. The first-order chi connectivity index (χ1) is 10.0. The van der Waals surface area contributed by atoms with Crippen LogP contribution in [-0.2, 0) is 9.53 Å². The first-order valence-corrected chi connectivity index (χ1v) is 7.97. The summed E-state index contributed by atoms with van der Waals surface area (Å²) < 4.78 is 4.95. The third-order valence-corrected chi connectivity index (χ3v) is 4.51. The summed E-state index contributed by atoms with van der Waals surface area (Å²) in [5, 5.41) is 2.11. The summed E-state index contributed by atoms with van der Waals surface area (Å²) in [6, 6.07) is 8.07. The van der Waals surface area contributed by atoms with E-state index in [4.69, 9.17) is 10.5 Å². The lowest BCUT2D eigenvalue weighted by Crippen LogP contribution is -2.16. The Balaban J connectivity index is 2.20. The van der Waals surface area contributed by atoms with Gasteiger partial charge in [0.25, 0.3) is 0 Å². The number of carbonyl (C=O) groups is 1. The van der Waals surface area contributed by atoms with Crippen molar-refractivity contribution in [3.05, 3.63) is 45.6 Å². The number of esters is 1. The highest BCUT2D eigenvalue weighted by molar-refractivity contribution is 7.10. The Morgan fingerprint density at radius 3 is 2.62 bits per heavy atom. The third-order valence-electron chi connectivity index (χ3n) is 3.45. The van der Waals surface area contributed by atoms with Crippen LogP contribution in [0.2, 0.25) is 0 Å². The molecule has 3 nitrogen and oxygen atoms in total. The number of hydrogen-bond acceptors (Lipinski definition) is 4. The second-order valence-corrected chi connectivity index (χ2v) is 6.06. The molecule has 1 atom stereocenters. The van der Waals surface area contributed by atoms with Crippen LogP contribution >= 0.6 is 11.3 Å². The van der Waals surface area contributed by atoms with Gasteiger partial charge >= 0.3 is 5.97 Å². The van der Waals surface area contributed by atoms with Gasteiger partial charge in [0.15, 0.2) is 0 Å². The summed E-state index contributed by atoms with van der Waals surface area (Å²) in [5.74, 6) is -0.243. The molecule has 0 radical (unpaired) electrons. The molecule has 1 aromatic heterocycles. The SMILES string of the molecule is CCOC(=O)CC(N)c1cc(-c2c(C)cccc2C)cs1. The van der Waals surface area contributed by atoms with Crippen molar-refractivity contribution in [2.45, 2.75) is 33.2 Å². The first-order valence-electron chi connectivity index (χ1n) is 7.09. The normalized spacial score (nSPS) is 12.2. The lowest BCUT2D eigenvalue weighted by atomic mass is 9.97. The Bertz CT molecular complexity index is 613. The second kappa shape index (κ2) is 6.87. The zero-order chi connectivity index (χ0) is 15.4. The van der Waals surface area contributed by atoms with Crippen molar-refractivity contribution in [3.63, 3.8) is 0 Å². The molecular weight excluding hydrogens is 282 g/mol. The van der Waals surface area contributed by atoms with Crippen LogP contribution in [-0.4, -0.2) is 12.6 Å². The van der Waals surface area contributed by atoms with Crippen molar-refractivity contribution in [1.82, 2.24) is 0 Å². The van der Waals surface area contributed by atoms with Crippen LogP contribution in [0.4, 0.5) is 0 Å². The maximum atomic E-state index is 11.5. The number of rotatable bonds is 5. The zero-order valence-corrected chi connectivity index (χ0v) is 13.5. The Morgan fingerprint density at radius 2 is 2.00 bits per heavy atom. The number of ether oxygens (including phenoxy) is 1. The van der Waals surface area contributed by atoms with Crippen LogP contribution in [0, 0.1) is 13.8 Å². The molecule has 1 aromatic carbocycles. The molecule has 112 valence electrons. The van der Waals surface area contributed by atoms with Gasteiger partial charge in [0, 0.05) is 10.9 Å². The highest BCUT2D eigenvalue weighted by Crippen LogP contribution is 2.33.